The Morgan fingerprint density at radius 1 is 1.55 bits per heavy atom. The van der Waals surface area contributed by atoms with Crippen molar-refractivity contribution in [2.75, 3.05) is 13.1 Å². The average Bonchev–Trinajstić information content (AvgIpc) is 2.89. The number of aliphatic carboxylic acids is 1. The zero-order chi connectivity index (χ0) is 14.1. The number of carbonyl (C=O) groups excluding carboxylic acids is 1. The highest BCUT2D eigenvalue weighted by Crippen LogP contribution is 2.36. The maximum atomic E-state index is 12.0. The number of carboxylic acids is 1. The lowest BCUT2D eigenvalue weighted by molar-refractivity contribution is -0.144. The average molecular weight is 278 g/mol. The standard InChI is InChI=1S/C14H18N2O4/c17-13(18)8-11-14(19)15-5-6-16(11)10-2-1-3-12-9(10)4-7-20-12/h4,7,10-11H,1-3,5-6,8H2,(H,15,19)(H,17,18). The molecule has 0 spiro atoms. The van der Waals surface area contributed by atoms with E-state index in [2.05, 4.69) is 5.32 Å². The molecule has 0 radical (unpaired) electrons. The molecule has 2 N–H and O–H groups in total. The van der Waals surface area contributed by atoms with Crippen LogP contribution in [0.25, 0.3) is 0 Å². The minimum atomic E-state index is -0.944. The molecular formula is C14H18N2O4. The van der Waals surface area contributed by atoms with E-state index in [-0.39, 0.29) is 18.4 Å². The van der Waals surface area contributed by atoms with E-state index < -0.39 is 12.0 Å². The van der Waals surface area contributed by atoms with Gasteiger partial charge in [0.15, 0.2) is 0 Å². The summed E-state index contributed by atoms with van der Waals surface area (Å²) in [5.41, 5.74) is 1.11. The fourth-order valence-electron chi connectivity index (χ4n) is 3.29. The molecule has 0 saturated carbocycles. The van der Waals surface area contributed by atoms with Gasteiger partial charge in [0.2, 0.25) is 5.91 Å². The first kappa shape index (κ1) is 13.2. The van der Waals surface area contributed by atoms with Crippen molar-refractivity contribution in [2.45, 2.75) is 37.8 Å². The first-order valence-electron chi connectivity index (χ1n) is 6.98. The topological polar surface area (TPSA) is 82.8 Å². The second kappa shape index (κ2) is 5.28. The third-order valence-corrected chi connectivity index (χ3v) is 4.16. The zero-order valence-electron chi connectivity index (χ0n) is 11.2. The number of nitrogens with zero attached hydrogens (tertiary/aromatic N) is 1. The largest absolute Gasteiger partial charge is 0.481 e. The Hall–Kier alpha value is -1.82. The first-order chi connectivity index (χ1) is 9.66. The molecule has 0 aromatic carbocycles. The summed E-state index contributed by atoms with van der Waals surface area (Å²) in [5.74, 6) is -0.157. The number of hydrogen-bond acceptors (Lipinski definition) is 4. The van der Waals surface area contributed by atoms with E-state index in [0.29, 0.717) is 13.1 Å². The normalized spacial score (nSPS) is 26.9. The summed E-state index contributed by atoms with van der Waals surface area (Å²) in [6.07, 6.45) is 4.39. The maximum Gasteiger partial charge on any atom is 0.305 e. The predicted molar refractivity (Wildman–Crippen MR) is 70.1 cm³/mol. The van der Waals surface area contributed by atoms with Gasteiger partial charge in [0, 0.05) is 31.1 Å². The molecule has 6 nitrogen and oxygen atoms in total. The molecule has 0 bridgehead atoms. The second-order valence-electron chi connectivity index (χ2n) is 5.35. The molecular weight excluding hydrogens is 260 g/mol. The third kappa shape index (κ3) is 2.31. The van der Waals surface area contributed by atoms with E-state index in [4.69, 9.17) is 9.52 Å². The van der Waals surface area contributed by atoms with Crippen LogP contribution in [0, 0.1) is 0 Å². The molecule has 1 aliphatic heterocycles. The Morgan fingerprint density at radius 2 is 2.40 bits per heavy atom. The molecule has 2 unspecified atom stereocenters. The smallest absolute Gasteiger partial charge is 0.305 e. The molecule has 108 valence electrons. The Bertz CT molecular complexity index is 525. The van der Waals surface area contributed by atoms with Gasteiger partial charge in [-0.25, -0.2) is 0 Å². The number of aryl methyl sites for hydroxylation is 1. The van der Waals surface area contributed by atoms with E-state index in [9.17, 15) is 9.59 Å². The molecule has 1 aliphatic carbocycles. The molecule has 2 aliphatic rings. The van der Waals surface area contributed by atoms with Crippen LogP contribution in [0.4, 0.5) is 0 Å². The number of hydrogen-bond donors (Lipinski definition) is 2. The molecule has 2 heterocycles. The van der Waals surface area contributed by atoms with E-state index in [1.165, 1.54) is 0 Å². The maximum absolute atomic E-state index is 12.0. The van der Waals surface area contributed by atoms with Crippen LogP contribution in [-0.2, 0) is 16.0 Å². The number of fused-ring (bicyclic) bond motifs is 1. The van der Waals surface area contributed by atoms with Gasteiger partial charge in [-0.2, -0.15) is 0 Å². The SMILES string of the molecule is O=C(O)CC1C(=O)NCCN1C1CCCc2occc21. The summed E-state index contributed by atoms with van der Waals surface area (Å²) in [6.45, 7) is 1.25. The molecule has 3 rings (SSSR count). The van der Waals surface area contributed by atoms with Crippen molar-refractivity contribution in [1.82, 2.24) is 10.2 Å². The summed E-state index contributed by atoms with van der Waals surface area (Å²) in [7, 11) is 0. The number of amides is 1. The van der Waals surface area contributed by atoms with Gasteiger partial charge < -0.3 is 14.8 Å². The van der Waals surface area contributed by atoms with Crippen LogP contribution in [0.3, 0.4) is 0 Å². The first-order valence-corrected chi connectivity index (χ1v) is 6.98. The highest BCUT2D eigenvalue weighted by Gasteiger charge is 2.38. The van der Waals surface area contributed by atoms with Crippen LogP contribution in [0.1, 0.15) is 36.6 Å². The van der Waals surface area contributed by atoms with Gasteiger partial charge in [0.25, 0.3) is 0 Å². The van der Waals surface area contributed by atoms with Gasteiger partial charge in [-0.15, -0.1) is 0 Å². The van der Waals surface area contributed by atoms with Crippen LogP contribution >= 0.6 is 0 Å². The van der Waals surface area contributed by atoms with E-state index in [1.54, 1.807) is 6.26 Å². The van der Waals surface area contributed by atoms with Crippen LogP contribution in [0.5, 0.6) is 0 Å². The van der Waals surface area contributed by atoms with Gasteiger partial charge in [0.05, 0.1) is 12.7 Å². The van der Waals surface area contributed by atoms with Crippen molar-refractivity contribution in [3.63, 3.8) is 0 Å². The lowest BCUT2D eigenvalue weighted by atomic mass is 9.90. The van der Waals surface area contributed by atoms with Gasteiger partial charge in [0.1, 0.15) is 11.8 Å². The second-order valence-corrected chi connectivity index (χ2v) is 5.35. The van der Waals surface area contributed by atoms with Gasteiger partial charge in [-0.3, -0.25) is 14.5 Å². The number of carbonyl (C=O) groups is 2. The van der Waals surface area contributed by atoms with E-state index in [0.717, 1.165) is 30.6 Å². The van der Waals surface area contributed by atoms with Crippen LogP contribution in [0.15, 0.2) is 16.7 Å². The number of carboxylic acid groups (broad SMARTS) is 1. The Morgan fingerprint density at radius 3 is 3.20 bits per heavy atom. The van der Waals surface area contributed by atoms with Crippen molar-refractivity contribution in [1.29, 1.82) is 0 Å². The molecule has 1 amide bonds. The van der Waals surface area contributed by atoms with Crippen LogP contribution < -0.4 is 5.32 Å². The predicted octanol–water partition coefficient (Wildman–Crippen LogP) is 0.932. The molecule has 1 aromatic rings. The highest BCUT2D eigenvalue weighted by atomic mass is 16.4. The summed E-state index contributed by atoms with van der Waals surface area (Å²) < 4.78 is 5.48. The van der Waals surface area contributed by atoms with Crippen LogP contribution in [-0.4, -0.2) is 41.0 Å². The molecule has 1 fully saturated rings. The Balaban J connectivity index is 1.88. The van der Waals surface area contributed by atoms with Crippen LogP contribution in [0.2, 0.25) is 0 Å². The molecule has 2 atom stereocenters. The summed E-state index contributed by atoms with van der Waals surface area (Å²) in [5, 5.41) is 11.8. The lowest BCUT2D eigenvalue weighted by Crippen LogP contribution is -2.57. The van der Waals surface area contributed by atoms with E-state index >= 15 is 0 Å². The quantitative estimate of drug-likeness (QED) is 0.859. The monoisotopic (exact) mass is 278 g/mol. The lowest BCUT2D eigenvalue weighted by Gasteiger charge is -2.41. The number of rotatable bonds is 3. The number of nitrogens with one attached hydrogen (secondary N) is 1. The molecule has 6 heteroatoms. The van der Waals surface area contributed by atoms with Gasteiger partial charge in [-0.1, -0.05) is 0 Å². The summed E-state index contributed by atoms with van der Waals surface area (Å²) in [4.78, 5) is 25.0. The summed E-state index contributed by atoms with van der Waals surface area (Å²) >= 11 is 0. The van der Waals surface area contributed by atoms with Gasteiger partial charge >= 0.3 is 5.97 Å². The van der Waals surface area contributed by atoms with Crippen molar-refractivity contribution >= 4 is 11.9 Å². The summed E-state index contributed by atoms with van der Waals surface area (Å²) in [6, 6.07) is 1.45. The fraction of sp³-hybridized carbons (Fsp3) is 0.571. The Kier molecular flexibility index (Phi) is 3.48. The molecule has 1 saturated heterocycles. The van der Waals surface area contributed by atoms with Crippen molar-refractivity contribution < 1.29 is 19.1 Å². The van der Waals surface area contributed by atoms with Crippen molar-refractivity contribution in [3.05, 3.63) is 23.7 Å². The van der Waals surface area contributed by atoms with Gasteiger partial charge in [-0.05, 0) is 18.9 Å². The molecule has 1 aromatic heterocycles. The van der Waals surface area contributed by atoms with Crippen molar-refractivity contribution in [2.24, 2.45) is 0 Å². The molecule has 20 heavy (non-hydrogen) atoms. The van der Waals surface area contributed by atoms with Crippen molar-refractivity contribution in [3.8, 4) is 0 Å². The number of furan rings is 1. The minimum absolute atomic E-state index is 0.0906. The number of piperazine rings is 1. The third-order valence-electron chi connectivity index (χ3n) is 4.16. The fourth-order valence-corrected chi connectivity index (χ4v) is 3.29. The van der Waals surface area contributed by atoms with E-state index in [1.807, 2.05) is 11.0 Å². The Labute approximate surface area is 116 Å². The highest BCUT2D eigenvalue weighted by molar-refractivity contribution is 5.86. The zero-order valence-corrected chi connectivity index (χ0v) is 11.2. The minimum Gasteiger partial charge on any atom is -0.481 e.